The summed E-state index contributed by atoms with van der Waals surface area (Å²) in [5, 5.41) is 0. The lowest BCUT2D eigenvalue weighted by Gasteiger charge is -2.19. The van der Waals surface area contributed by atoms with Crippen molar-refractivity contribution in [2.24, 2.45) is 11.7 Å². The standard InChI is InChI=1S/C15H24N2O/c1-12(16)3-4-13-9-10-17(11-13)14-5-7-15(18-2)8-6-14/h5-8,12-13H,3-4,9-11,16H2,1-2H3. The zero-order chi connectivity index (χ0) is 13.0. The minimum atomic E-state index is 0.333. The van der Waals surface area contributed by atoms with Gasteiger partial charge in [-0.1, -0.05) is 0 Å². The fourth-order valence-corrected chi connectivity index (χ4v) is 2.59. The molecule has 0 aromatic heterocycles. The summed E-state index contributed by atoms with van der Waals surface area (Å²) >= 11 is 0. The van der Waals surface area contributed by atoms with Crippen LogP contribution in [0.25, 0.3) is 0 Å². The topological polar surface area (TPSA) is 38.5 Å². The fourth-order valence-electron chi connectivity index (χ4n) is 2.59. The molecule has 2 atom stereocenters. The summed E-state index contributed by atoms with van der Waals surface area (Å²) in [4.78, 5) is 2.46. The fraction of sp³-hybridized carbons (Fsp3) is 0.600. The number of ether oxygens (including phenoxy) is 1. The first-order valence-corrected chi connectivity index (χ1v) is 6.83. The SMILES string of the molecule is COc1ccc(N2CCC(CCC(C)N)C2)cc1. The highest BCUT2D eigenvalue weighted by Gasteiger charge is 2.22. The summed E-state index contributed by atoms with van der Waals surface area (Å²) in [7, 11) is 1.70. The maximum atomic E-state index is 5.82. The molecule has 1 saturated heterocycles. The van der Waals surface area contributed by atoms with Gasteiger partial charge < -0.3 is 15.4 Å². The summed E-state index contributed by atoms with van der Waals surface area (Å²) in [6.07, 6.45) is 3.68. The number of benzene rings is 1. The van der Waals surface area contributed by atoms with Crippen LogP contribution in [0.5, 0.6) is 5.75 Å². The molecule has 3 nitrogen and oxygen atoms in total. The lowest BCUT2D eigenvalue weighted by Crippen LogP contribution is -2.21. The number of rotatable bonds is 5. The third-order valence-corrected chi connectivity index (χ3v) is 3.75. The molecule has 2 unspecified atom stereocenters. The van der Waals surface area contributed by atoms with Crippen LogP contribution in [0.2, 0.25) is 0 Å². The van der Waals surface area contributed by atoms with Crippen LogP contribution in [0.15, 0.2) is 24.3 Å². The van der Waals surface area contributed by atoms with Crippen LogP contribution in [0, 0.1) is 5.92 Å². The lowest BCUT2D eigenvalue weighted by atomic mass is 10.0. The van der Waals surface area contributed by atoms with Crippen molar-refractivity contribution in [1.82, 2.24) is 0 Å². The monoisotopic (exact) mass is 248 g/mol. The van der Waals surface area contributed by atoms with Gasteiger partial charge in [-0.2, -0.15) is 0 Å². The van der Waals surface area contributed by atoms with Crippen molar-refractivity contribution in [3.8, 4) is 5.75 Å². The molecule has 1 aromatic rings. The molecule has 0 radical (unpaired) electrons. The Hall–Kier alpha value is -1.22. The smallest absolute Gasteiger partial charge is 0.119 e. The average Bonchev–Trinajstić information content (AvgIpc) is 2.85. The average molecular weight is 248 g/mol. The van der Waals surface area contributed by atoms with Gasteiger partial charge in [0.2, 0.25) is 0 Å². The van der Waals surface area contributed by atoms with Gasteiger partial charge in [0.15, 0.2) is 0 Å². The van der Waals surface area contributed by atoms with E-state index in [1.165, 1.54) is 25.1 Å². The Morgan fingerprint density at radius 3 is 2.72 bits per heavy atom. The number of hydrogen-bond acceptors (Lipinski definition) is 3. The van der Waals surface area contributed by atoms with E-state index in [-0.39, 0.29) is 0 Å². The maximum absolute atomic E-state index is 5.82. The molecule has 2 N–H and O–H groups in total. The van der Waals surface area contributed by atoms with Gasteiger partial charge in [0.25, 0.3) is 0 Å². The predicted octanol–water partition coefficient (Wildman–Crippen LogP) is 2.65. The Bertz CT molecular complexity index is 361. The van der Waals surface area contributed by atoms with Crippen molar-refractivity contribution in [3.63, 3.8) is 0 Å². The van der Waals surface area contributed by atoms with Crippen molar-refractivity contribution >= 4 is 5.69 Å². The van der Waals surface area contributed by atoms with E-state index in [2.05, 4.69) is 24.0 Å². The summed E-state index contributed by atoms with van der Waals surface area (Å²) in [5.74, 6) is 1.73. The largest absolute Gasteiger partial charge is 0.497 e. The maximum Gasteiger partial charge on any atom is 0.119 e. The van der Waals surface area contributed by atoms with E-state index in [1.807, 2.05) is 12.1 Å². The van der Waals surface area contributed by atoms with Crippen LogP contribution in [0.4, 0.5) is 5.69 Å². The summed E-state index contributed by atoms with van der Waals surface area (Å²) in [6.45, 7) is 4.42. The molecule has 1 aliphatic rings. The second kappa shape index (κ2) is 6.10. The zero-order valence-corrected chi connectivity index (χ0v) is 11.4. The Balaban J connectivity index is 1.87. The van der Waals surface area contributed by atoms with Crippen molar-refractivity contribution in [2.45, 2.75) is 32.2 Å². The highest BCUT2D eigenvalue weighted by Crippen LogP contribution is 2.27. The Labute approximate surface area is 110 Å². The minimum Gasteiger partial charge on any atom is -0.497 e. The summed E-state index contributed by atoms with van der Waals surface area (Å²) in [5.41, 5.74) is 7.13. The molecule has 2 rings (SSSR count). The Kier molecular flexibility index (Phi) is 4.48. The van der Waals surface area contributed by atoms with E-state index < -0.39 is 0 Å². The molecular formula is C15H24N2O. The van der Waals surface area contributed by atoms with Crippen LogP contribution in [0.1, 0.15) is 26.2 Å². The number of anilines is 1. The quantitative estimate of drug-likeness (QED) is 0.870. The molecule has 1 heterocycles. The second-order valence-corrected chi connectivity index (χ2v) is 5.35. The highest BCUT2D eigenvalue weighted by molar-refractivity contribution is 5.49. The van der Waals surface area contributed by atoms with Gasteiger partial charge >= 0.3 is 0 Å². The van der Waals surface area contributed by atoms with Crippen LogP contribution in [-0.2, 0) is 0 Å². The predicted molar refractivity (Wildman–Crippen MR) is 76.2 cm³/mol. The molecule has 0 spiro atoms. The minimum absolute atomic E-state index is 0.333. The molecule has 0 saturated carbocycles. The first kappa shape index (κ1) is 13.2. The van der Waals surface area contributed by atoms with Crippen LogP contribution >= 0.6 is 0 Å². The van der Waals surface area contributed by atoms with Crippen molar-refractivity contribution in [2.75, 3.05) is 25.1 Å². The van der Waals surface area contributed by atoms with Crippen molar-refractivity contribution < 1.29 is 4.74 Å². The van der Waals surface area contributed by atoms with Gasteiger partial charge in [-0.3, -0.25) is 0 Å². The van der Waals surface area contributed by atoms with Gasteiger partial charge in [-0.15, -0.1) is 0 Å². The third-order valence-electron chi connectivity index (χ3n) is 3.75. The van der Waals surface area contributed by atoms with E-state index >= 15 is 0 Å². The highest BCUT2D eigenvalue weighted by atomic mass is 16.5. The summed E-state index contributed by atoms with van der Waals surface area (Å²) in [6, 6.07) is 8.69. The van der Waals surface area contributed by atoms with E-state index in [1.54, 1.807) is 7.11 Å². The molecule has 100 valence electrons. The van der Waals surface area contributed by atoms with Crippen molar-refractivity contribution in [1.29, 1.82) is 0 Å². The van der Waals surface area contributed by atoms with Crippen molar-refractivity contribution in [3.05, 3.63) is 24.3 Å². The Morgan fingerprint density at radius 1 is 1.39 bits per heavy atom. The lowest BCUT2D eigenvalue weighted by molar-refractivity contribution is 0.415. The van der Waals surface area contributed by atoms with Crippen LogP contribution in [0.3, 0.4) is 0 Å². The van der Waals surface area contributed by atoms with E-state index in [0.717, 1.165) is 24.6 Å². The molecule has 0 bridgehead atoms. The van der Waals surface area contributed by atoms with Crippen LogP contribution < -0.4 is 15.4 Å². The van der Waals surface area contributed by atoms with Gasteiger partial charge in [-0.05, 0) is 56.4 Å². The van der Waals surface area contributed by atoms with Crippen LogP contribution in [-0.4, -0.2) is 26.2 Å². The van der Waals surface area contributed by atoms with Gasteiger partial charge in [0.05, 0.1) is 7.11 Å². The van der Waals surface area contributed by atoms with E-state index in [9.17, 15) is 0 Å². The number of methoxy groups -OCH3 is 1. The molecule has 1 aliphatic heterocycles. The Morgan fingerprint density at radius 2 is 2.11 bits per heavy atom. The van der Waals surface area contributed by atoms with Gasteiger partial charge in [0, 0.05) is 24.8 Å². The van der Waals surface area contributed by atoms with Gasteiger partial charge in [-0.25, -0.2) is 0 Å². The molecule has 1 aromatic carbocycles. The normalized spacial score (nSPS) is 21.1. The first-order valence-electron chi connectivity index (χ1n) is 6.83. The molecule has 1 fully saturated rings. The zero-order valence-electron chi connectivity index (χ0n) is 11.4. The molecule has 0 amide bonds. The molecular weight excluding hydrogens is 224 g/mol. The summed E-state index contributed by atoms with van der Waals surface area (Å²) < 4.78 is 5.19. The van der Waals surface area contributed by atoms with Gasteiger partial charge in [0.1, 0.15) is 5.75 Å². The first-order chi connectivity index (χ1) is 8.69. The molecule has 18 heavy (non-hydrogen) atoms. The number of nitrogens with two attached hydrogens (primary N) is 1. The molecule has 0 aliphatic carbocycles. The third kappa shape index (κ3) is 3.39. The number of hydrogen-bond donors (Lipinski definition) is 1. The molecule has 3 heteroatoms. The van der Waals surface area contributed by atoms with E-state index in [4.69, 9.17) is 10.5 Å². The number of nitrogens with zero attached hydrogens (tertiary/aromatic N) is 1. The second-order valence-electron chi connectivity index (χ2n) is 5.35. The van der Waals surface area contributed by atoms with E-state index in [0.29, 0.717) is 6.04 Å².